The second kappa shape index (κ2) is 6.97. The average Bonchev–Trinajstić information content (AvgIpc) is 2.58. The minimum Gasteiger partial charge on any atom is -0.545 e. The number of nitrogens with one attached hydrogen (secondary N) is 2. The zero-order chi connectivity index (χ0) is 16.9. The van der Waals surface area contributed by atoms with Gasteiger partial charge in [0.1, 0.15) is 5.82 Å². The molecule has 0 amide bonds. The van der Waals surface area contributed by atoms with Crippen molar-refractivity contribution in [3.63, 3.8) is 0 Å². The maximum atomic E-state index is 10.7. The van der Waals surface area contributed by atoms with Crippen LogP contribution in [-0.4, -0.2) is 15.9 Å². The molecule has 24 heavy (non-hydrogen) atoms. The van der Waals surface area contributed by atoms with Crippen LogP contribution in [0.25, 0.3) is 0 Å². The van der Waals surface area contributed by atoms with E-state index in [1.165, 1.54) is 12.1 Å². The van der Waals surface area contributed by atoms with Gasteiger partial charge in [0, 0.05) is 11.9 Å². The second-order valence-corrected chi connectivity index (χ2v) is 5.27. The summed E-state index contributed by atoms with van der Waals surface area (Å²) in [6, 6.07) is 15.2. The number of carboxylic acids is 1. The smallest absolute Gasteiger partial charge is 0.229 e. The van der Waals surface area contributed by atoms with Gasteiger partial charge in [0.15, 0.2) is 0 Å². The number of aromatic carboxylic acids is 1. The van der Waals surface area contributed by atoms with E-state index in [2.05, 4.69) is 20.6 Å². The minimum atomic E-state index is -1.22. The molecule has 0 aliphatic carbocycles. The Morgan fingerprint density at radius 2 is 1.75 bits per heavy atom. The Morgan fingerprint density at radius 3 is 2.46 bits per heavy atom. The van der Waals surface area contributed by atoms with E-state index in [1.54, 1.807) is 30.5 Å². The topological polar surface area (TPSA) is 90.0 Å². The highest BCUT2D eigenvalue weighted by atomic mass is 35.5. The lowest BCUT2D eigenvalue weighted by Crippen LogP contribution is -2.21. The van der Waals surface area contributed by atoms with Crippen LogP contribution in [0, 0.1) is 0 Å². The Balaban J connectivity index is 1.75. The van der Waals surface area contributed by atoms with E-state index in [4.69, 9.17) is 11.6 Å². The van der Waals surface area contributed by atoms with Crippen molar-refractivity contribution in [1.29, 1.82) is 0 Å². The van der Waals surface area contributed by atoms with Crippen molar-refractivity contribution >= 4 is 40.7 Å². The molecular weight excluding hydrogens is 328 g/mol. The third-order valence-electron chi connectivity index (χ3n) is 3.17. The molecule has 3 aromatic rings. The number of rotatable bonds is 5. The molecule has 3 rings (SSSR count). The van der Waals surface area contributed by atoms with Crippen LogP contribution >= 0.6 is 11.6 Å². The Hall–Kier alpha value is -3.12. The lowest BCUT2D eigenvalue weighted by atomic mass is 10.2. The number of carbonyl (C=O) groups excluding carboxylic acids is 1. The van der Waals surface area contributed by atoms with E-state index in [0.717, 1.165) is 5.69 Å². The fourth-order valence-corrected chi connectivity index (χ4v) is 2.19. The molecule has 120 valence electrons. The first-order valence-electron chi connectivity index (χ1n) is 7.05. The van der Waals surface area contributed by atoms with Crippen LogP contribution < -0.4 is 15.7 Å². The lowest BCUT2D eigenvalue weighted by molar-refractivity contribution is -0.255. The molecule has 2 aromatic carbocycles. The van der Waals surface area contributed by atoms with Gasteiger partial charge < -0.3 is 20.5 Å². The van der Waals surface area contributed by atoms with Gasteiger partial charge in [-0.2, -0.15) is 4.98 Å². The quantitative estimate of drug-likeness (QED) is 0.742. The number of nitrogens with zero attached hydrogens (tertiary/aromatic N) is 2. The average molecular weight is 340 g/mol. The summed E-state index contributed by atoms with van der Waals surface area (Å²) in [7, 11) is 0. The summed E-state index contributed by atoms with van der Waals surface area (Å²) in [5, 5.41) is 17.4. The Labute approximate surface area is 143 Å². The van der Waals surface area contributed by atoms with Crippen LogP contribution in [0.15, 0.2) is 60.8 Å². The fourth-order valence-electron chi connectivity index (χ4n) is 2.01. The van der Waals surface area contributed by atoms with Gasteiger partial charge in [-0.25, -0.2) is 4.98 Å². The monoisotopic (exact) mass is 339 g/mol. The summed E-state index contributed by atoms with van der Waals surface area (Å²) in [5.74, 6) is -0.274. The van der Waals surface area contributed by atoms with Gasteiger partial charge in [-0.15, -0.1) is 0 Å². The minimum absolute atomic E-state index is 0.107. The highest BCUT2D eigenvalue weighted by molar-refractivity contribution is 6.33. The van der Waals surface area contributed by atoms with Gasteiger partial charge in [-0.3, -0.25) is 0 Å². The largest absolute Gasteiger partial charge is 0.545 e. The van der Waals surface area contributed by atoms with Gasteiger partial charge in [0.2, 0.25) is 5.95 Å². The number of aromatic nitrogens is 2. The van der Waals surface area contributed by atoms with Gasteiger partial charge in [0.05, 0.1) is 16.7 Å². The molecule has 0 saturated carbocycles. The number of carboxylic acid groups (broad SMARTS) is 1. The molecule has 0 radical (unpaired) electrons. The van der Waals surface area contributed by atoms with Crippen LogP contribution in [-0.2, 0) is 0 Å². The summed E-state index contributed by atoms with van der Waals surface area (Å²) < 4.78 is 0. The summed E-state index contributed by atoms with van der Waals surface area (Å²) in [6.07, 6.45) is 1.60. The zero-order valence-corrected chi connectivity index (χ0v) is 13.1. The van der Waals surface area contributed by atoms with Crippen LogP contribution in [0.1, 0.15) is 10.4 Å². The van der Waals surface area contributed by atoms with Gasteiger partial charge in [-0.1, -0.05) is 35.9 Å². The molecular formula is C17H12ClN4O2-. The van der Waals surface area contributed by atoms with Crippen molar-refractivity contribution in [2.24, 2.45) is 0 Å². The molecule has 6 nitrogen and oxygen atoms in total. The van der Waals surface area contributed by atoms with E-state index < -0.39 is 5.97 Å². The molecule has 0 atom stereocenters. The SMILES string of the molecule is O=C([O-])c1ccc(Nc2nccc(Nc3ccccc3Cl)n2)cc1. The molecule has 0 bridgehead atoms. The summed E-state index contributed by atoms with van der Waals surface area (Å²) in [5.41, 5.74) is 1.51. The highest BCUT2D eigenvalue weighted by Gasteiger charge is 2.03. The van der Waals surface area contributed by atoms with E-state index in [0.29, 0.717) is 22.5 Å². The molecule has 0 fully saturated rings. The molecule has 7 heteroatoms. The third-order valence-corrected chi connectivity index (χ3v) is 3.50. The number of para-hydroxylation sites is 1. The van der Waals surface area contributed by atoms with Gasteiger partial charge >= 0.3 is 0 Å². The molecule has 2 N–H and O–H groups in total. The molecule has 0 unspecified atom stereocenters. The van der Waals surface area contributed by atoms with Crippen molar-refractivity contribution < 1.29 is 9.90 Å². The van der Waals surface area contributed by atoms with Crippen molar-refractivity contribution in [3.8, 4) is 0 Å². The number of hydrogen-bond donors (Lipinski definition) is 2. The number of halogens is 1. The molecule has 0 spiro atoms. The maximum absolute atomic E-state index is 10.7. The standard InChI is InChI=1S/C17H13ClN4O2/c18-13-3-1-2-4-14(13)21-15-9-10-19-17(22-15)20-12-7-5-11(6-8-12)16(23)24/h1-10H,(H,23,24)(H2,19,20,21,22)/p-1. The normalized spacial score (nSPS) is 10.2. The molecule has 0 saturated heterocycles. The summed E-state index contributed by atoms with van der Waals surface area (Å²) in [4.78, 5) is 19.2. The maximum Gasteiger partial charge on any atom is 0.229 e. The van der Waals surface area contributed by atoms with Gasteiger partial charge in [0.25, 0.3) is 0 Å². The number of anilines is 4. The Kier molecular flexibility index (Phi) is 4.58. The number of benzene rings is 2. The first-order valence-corrected chi connectivity index (χ1v) is 7.42. The van der Waals surface area contributed by atoms with Gasteiger partial charge in [-0.05, 0) is 35.9 Å². The van der Waals surface area contributed by atoms with Crippen molar-refractivity contribution in [2.45, 2.75) is 0 Å². The number of carbonyl (C=O) groups is 1. The first kappa shape index (κ1) is 15.8. The van der Waals surface area contributed by atoms with Crippen LogP contribution in [0.5, 0.6) is 0 Å². The van der Waals surface area contributed by atoms with E-state index in [9.17, 15) is 9.90 Å². The molecule has 1 heterocycles. The Bertz CT molecular complexity index is 868. The summed E-state index contributed by atoms with van der Waals surface area (Å²) >= 11 is 6.11. The fraction of sp³-hybridized carbons (Fsp3) is 0. The van der Waals surface area contributed by atoms with Crippen molar-refractivity contribution in [3.05, 3.63) is 71.4 Å². The van der Waals surface area contributed by atoms with Crippen LogP contribution in [0.2, 0.25) is 5.02 Å². The Morgan fingerprint density at radius 1 is 1.00 bits per heavy atom. The van der Waals surface area contributed by atoms with E-state index in [1.807, 2.05) is 18.2 Å². The zero-order valence-electron chi connectivity index (χ0n) is 12.4. The van der Waals surface area contributed by atoms with Crippen molar-refractivity contribution in [2.75, 3.05) is 10.6 Å². The van der Waals surface area contributed by atoms with Crippen molar-refractivity contribution in [1.82, 2.24) is 9.97 Å². The lowest BCUT2D eigenvalue weighted by Gasteiger charge is -2.10. The molecule has 0 aliphatic rings. The van der Waals surface area contributed by atoms with E-state index in [-0.39, 0.29) is 5.56 Å². The van der Waals surface area contributed by atoms with E-state index >= 15 is 0 Å². The predicted molar refractivity (Wildman–Crippen MR) is 90.8 cm³/mol. The number of hydrogen-bond acceptors (Lipinski definition) is 6. The summed E-state index contributed by atoms with van der Waals surface area (Å²) in [6.45, 7) is 0. The second-order valence-electron chi connectivity index (χ2n) is 4.86. The van der Waals surface area contributed by atoms with Crippen LogP contribution in [0.4, 0.5) is 23.1 Å². The third kappa shape index (κ3) is 3.80. The molecule has 0 aliphatic heterocycles. The van der Waals surface area contributed by atoms with Crippen LogP contribution in [0.3, 0.4) is 0 Å². The highest BCUT2D eigenvalue weighted by Crippen LogP contribution is 2.24. The molecule has 1 aromatic heterocycles. The predicted octanol–water partition coefficient (Wildman–Crippen LogP) is 2.98. The first-order chi connectivity index (χ1) is 11.6.